The molecule has 0 spiro atoms. The summed E-state index contributed by atoms with van der Waals surface area (Å²) in [6, 6.07) is 13.6. The van der Waals surface area contributed by atoms with Crippen LogP contribution in [0.25, 0.3) is 0 Å². The first kappa shape index (κ1) is 23.0. The van der Waals surface area contributed by atoms with E-state index in [0.717, 1.165) is 12.8 Å². The molecule has 2 saturated heterocycles. The lowest BCUT2D eigenvalue weighted by Crippen LogP contribution is -2.31. The molecular formula is C24H26N2O6. The SMILES string of the molecule is COc1ccc(C(=O)N2CCCC2=O)cc1.COc1ccc(C(=O)N2CCCC2=O)cc1. The van der Waals surface area contributed by atoms with Crippen molar-refractivity contribution in [2.75, 3.05) is 27.3 Å². The van der Waals surface area contributed by atoms with Crippen molar-refractivity contribution >= 4 is 23.6 Å². The largest absolute Gasteiger partial charge is 0.497 e. The van der Waals surface area contributed by atoms with Crippen molar-refractivity contribution in [2.45, 2.75) is 25.7 Å². The maximum absolute atomic E-state index is 11.9. The van der Waals surface area contributed by atoms with Crippen molar-refractivity contribution in [1.29, 1.82) is 0 Å². The fraction of sp³-hybridized carbons (Fsp3) is 0.333. The molecule has 2 fully saturated rings. The number of methoxy groups -OCH3 is 2. The molecule has 8 nitrogen and oxygen atoms in total. The van der Waals surface area contributed by atoms with Crippen LogP contribution in [0, 0.1) is 0 Å². The van der Waals surface area contributed by atoms with Gasteiger partial charge in [0.1, 0.15) is 11.5 Å². The highest BCUT2D eigenvalue weighted by atomic mass is 16.5. The molecular weight excluding hydrogens is 412 g/mol. The Morgan fingerprint density at radius 3 is 1.25 bits per heavy atom. The lowest BCUT2D eigenvalue weighted by Gasteiger charge is -2.13. The third-order valence-electron chi connectivity index (χ3n) is 5.31. The summed E-state index contributed by atoms with van der Waals surface area (Å²) < 4.78 is 10.0. The van der Waals surface area contributed by atoms with Gasteiger partial charge in [0.25, 0.3) is 11.8 Å². The summed E-state index contributed by atoms with van der Waals surface area (Å²) in [6.07, 6.45) is 2.48. The first-order chi connectivity index (χ1) is 15.4. The van der Waals surface area contributed by atoms with E-state index in [4.69, 9.17) is 9.47 Å². The monoisotopic (exact) mass is 438 g/mol. The summed E-state index contributed by atoms with van der Waals surface area (Å²) in [6.45, 7) is 1.06. The molecule has 2 aromatic rings. The second-order valence-electron chi connectivity index (χ2n) is 7.37. The molecule has 0 radical (unpaired) electrons. The third kappa shape index (κ3) is 5.32. The number of nitrogens with zero attached hydrogens (tertiary/aromatic N) is 2. The van der Waals surface area contributed by atoms with Gasteiger partial charge in [-0.05, 0) is 61.4 Å². The van der Waals surface area contributed by atoms with Gasteiger partial charge < -0.3 is 9.47 Å². The number of benzene rings is 2. The van der Waals surface area contributed by atoms with Crippen molar-refractivity contribution in [3.05, 3.63) is 59.7 Å². The lowest BCUT2D eigenvalue weighted by molar-refractivity contribution is -0.126. The Morgan fingerprint density at radius 1 is 0.656 bits per heavy atom. The fourth-order valence-electron chi connectivity index (χ4n) is 3.50. The van der Waals surface area contributed by atoms with Gasteiger partial charge >= 0.3 is 0 Å². The number of rotatable bonds is 4. The van der Waals surface area contributed by atoms with E-state index in [1.54, 1.807) is 62.8 Å². The second kappa shape index (κ2) is 10.6. The Hall–Kier alpha value is -3.68. The Balaban J connectivity index is 0.000000181. The van der Waals surface area contributed by atoms with E-state index in [2.05, 4.69) is 0 Å². The first-order valence-electron chi connectivity index (χ1n) is 10.4. The smallest absolute Gasteiger partial charge is 0.260 e. The van der Waals surface area contributed by atoms with Crippen LogP contribution in [0.5, 0.6) is 11.5 Å². The standard InChI is InChI=1S/2C12H13NO3/c2*1-16-10-6-4-9(5-7-10)12(15)13-8-2-3-11(13)14/h2*4-7H,2-3,8H2,1H3. The molecule has 0 unspecified atom stereocenters. The van der Waals surface area contributed by atoms with E-state index in [1.165, 1.54) is 9.80 Å². The first-order valence-corrected chi connectivity index (χ1v) is 10.4. The maximum Gasteiger partial charge on any atom is 0.260 e. The molecule has 4 amide bonds. The van der Waals surface area contributed by atoms with Crippen molar-refractivity contribution in [1.82, 2.24) is 9.80 Å². The number of ether oxygens (including phenoxy) is 2. The van der Waals surface area contributed by atoms with Gasteiger partial charge in [-0.15, -0.1) is 0 Å². The van der Waals surface area contributed by atoms with Gasteiger partial charge in [-0.1, -0.05) is 0 Å². The molecule has 2 aliphatic rings. The minimum absolute atomic E-state index is 0.0826. The summed E-state index contributed by atoms with van der Waals surface area (Å²) >= 11 is 0. The number of hydrogen-bond donors (Lipinski definition) is 0. The predicted octanol–water partition coefficient (Wildman–Crippen LogP) is 2.92. The molecule has 32 heavy (non-hydrogen) atoms. The van der Waals surface area contributed by atoms with Crippen LogP contribution < -0.4 is 9.47 Å². The topological polar surface area (TPSA) is 93.2 Å². The number of likely N-dealkylation sites (tertiary alicyclic amines) is 2. The Morgan fingerprint density at radius 2 is 1.00 bits per heavy atom. The van der Waals surface area contributed by atoms with E-state index in [-0.39, 0.29) is 23.6 Å². The minimum atomic E-state index is -0.217. The number of hydrogen-bond acceptors (Lipinski definition) is 6. The zero-order chi connectivity index (χ0) is 23.1. The number of imide groups is 2. The van der Waals surface area contributed by atoms with E-state index in [9.17, 15) is 19.2 Å². The van der Waals surface area contributed by atoms with E-state index in [0.29, 0.717) is 48.6 Å². The van der Waals surface area contributed by atoms with Gasteiger partial charge in [0.15, 0.2) is 0 Å². The zero-order valence-corrected chi connectivity index (χ0v) is 18.2. The molecule has 168 valence electrons. The quantitative estimate of drug-likeness (QED) is 0.682. The molecule has 0 bridgehead atoms. The second-order valence-corrected chi connectivity index (χ2v) is 7.37. The molecule has 0 atom stereocenters. The third-order valence-corrected chi connectivity index (χ3v) is 5.31. The molecule has 0 aliphatic carbocycles. The molecule has 8 heteroatoms. The average molecular weight is 438 g/mol. The summed E-state index contributed by atoms with van der Waals surface area (Å²) in [5, 5.41) is 0. The maximum atomic E-state index is 11.9. The predicted molar refractivity (Wildman–Crippen MR) is 117 cm³/mol. The molecule has 0 N–H and O–H groups in total. The van der Waals surface area contributed by atoms with Crippen molar-refractivity contribution in [3.8, 4) is 11.5 Å². The van der Waals surface area contributed by atoms with Crippen LogP contribution in [0.2, 0.25) is 0 Å². The molecule has 2 aromatic carbocycles. The van der Waals surface area contributed by atoms with E-state index >= 15 is 0 Å². The highest BCUT2D eigenvalue weighted by Gasteiger charge is 2.28. The Bertz CT molecular complexity index is 903. The average Bonchev–Trinajstić information content (AvgIpc) is 3.46. The van der Waals surface area contributed by atoms with Crippen LogP contribution in [0.15, 0.2) is 48.5 Å². The number of amides is 4. The summed E-state index contributed by atoms with van der Waals surface area (Å²) in [7, 11) is 3.14. The fourth-order valence-corrected chi connectivity index (χ4v) is 3.50. The van der Waals surface area contributed by atoms with Crippen molar-refractivity contribution < 1.29 is 28.7 Å². The molecule has 2 aliphatic heterocycles. The number of carbonyl (C=O) groups is 4. The Kier molecular flexibility index (Phi) is 7.59. The molecule has 0 saturated carbocycles. The summed E-state index contributed by atoms with van der Waals surface area (Å²) in [4.78, 5) is 49.2. The van der Waals surface area contributed by atoms with Crippen LogP contribution in [-0.2, 0) is 9.59 Å². The summed E-state index contributed by atoms with van der Waals surface area (Å²) in [5.41, 5.74) is 1.05. The van der Waals surface area contributed by atoms with E-state index < -0.39 is 0 Å². The Labute approximate surface area is 186 Å². The summed E-state index contributed by atoms with van der Waals surface area (Å²) in [5.74, 6) is 0.797. The minimum Gasteiger partial charge on any atom is -0.497 e. The van der Waals surface area contributed by atoms with Crippen LogP contribution in [0.3, 0.4) is 0 Å². The lowest BCUT2D eigenvalue weighted by atomic mass is 10.2. The van der Waals surface area contributed by atoms with Crippen molar-refractivity contribution in [2.24, 2.45) is 0 Å². The van der Waals surface area contributed by atoms with E-state index in [1.807, 2.05) is 0 Å². The van der Waals surface area contributed by atoms with Crippen LogP contribution in [-0.4, -0.2) is 60.7 Å². The van der Waals surface area contributed by atoms with Gasteiger partial charge in [0, 0.05) is 37.1 Å². The number of carbonyl (C=O) groups excluding carboxylic acids is 4. The van der Waals surface area contributed by atoms with Crippen LogP contribution in [0.1, 0.15) is 46.4 Å². The normalized spacial score (nSPS) is 15.3. The van der Waals surface area contributed by atoms with Gasteiger partial charge in [-0.25, -0.2) is 0 Å². The van der Waals surface area contributed by atoms with Crippen LogP contribution in [0.4, 0.5) is 0 Å². The molecule has 4 rings (SSSR count). The highest BCUT2D eigenvalue weighted by molar-refractivity contribution is 6.06. The molecule has 2 heterocycles. The zero-order valence-electron chi connectivity index (χ0n) is 18.2. The van der Waals surface area contributed by atoms with Gasteiger partial charge in [-0.2, -0.15) is 0 Å². The van der Waals surface area contributed by atoms with Crippen LogP contribution >= 0.6 is 0 Å². The highest BCUT2D eigenvalue weighted by Crippen LogP contribution is 2.18. The van der Waals surface area contributed by atoms with Gasteiger partial charge in [0.2, 0.25) is 11.8 Å². The molecule has 0 aromatic heterocycles. The van der Waals surface area contributed by atoms with Gasteiger partial charge in [-0.3, -0.25) is 29.0 Å². The van der Waals surface area contributed by atoms with Gasteiger partial charge in [0.05, 0.1) is 14.2 Å². The van der Waals surface area contributed by atoms with Crippen molar-refractivity contribution in [3.63, 3.8) is 0 Å².